The first-order valence-electron chi connectivity index (χ1n) is 8.69. The second kappa shape index (κ2) is 7.70. The van der Waals surface area contributed by atoms with E-state index >= 15 is 0 Å². The molecule has 1 fully saturated rings. The Hall–Kier alpha value is -2.34. The third-order valence-electron chi connectivity index (χ3n) is 4.68. The molecule has 1 atom stereocenters. The van der Waals surface area contributed by atoms with Crippen LogP contribution >= 0.6 is 0 Å². The number of dihydropyridines is 1. The topological polar surface area (TPSA) is 65.4 Å². The van der Waals surface area contributed by atoms with E-state index in [0.717, 1.165) is 44.0 Å². The van der Waals surface area contributed by atoms with Crippen LogP contribution in [0.4, 0.5) is 0 Å². The number of piperazine rings is 1. The summed E-state index contributed by atoms with van der Waals surface area (Å²) in [4.78, 5) is 20.7. The molecule has 2 aliphatic heterocycles. The van der Waals surface area contributed by atoms with E-state index in [1.54, 1.807) is 12.1 Å². The average Bonchev–Trinajstić information content (AvgIpc) is 2.61. The van der Waals surface area contributed by atoms with Gasteiger partial charge in [-0.3, -0.25) is 9.79 Å². The Morgan fingerprint density at radius 2 is 2.08 bits per heavy atom. The van der Waals surface area contributed by atoms with Gasteiger partial charge in [0.15, 0.2) is 6.29 Å². The predicted octanol–water partition coefficient (Wildman–Crippen LogP) is 1.95. The molecule has 0 aliphatic carbocycles. The molecule has 0 aromatic heterocycles. The van der Waals surface area contributed by atoms with E-state index in [1.165, 1.54) is 6.07 Å². The van der Waals surface area contributed by atoms with Crippen molar-refractivity contribution in [2.24, 2.45) is 4.99 Å². The van der Waals surface area contributed by atoms with Crippen LogP contribution in [0.15, 0.2) is 34.8 Å². The highest BCUT2D eigenvalue weighted by Gasteiger charge is 2.24. The van der Waals surface area contributed by atoms with E-state index < -0.39 is 0 Å². The van der Waals surface area contributed by atoms with Gasteiger partial charge in [0, 0.05) is 31.8 Å². The van der Waals surface area contributed by atoms with Crippen molar-refractivity contribution in [1.29, 1.82) is 0 Å². The van der Waals surface area contributed by atoms with Crippen molar-refractivity contribution in [2.75, 3.05) is 39.8 Å². The minimum Gasteiger partial charge on any atom is -0.507 e. The smallest absolute Gasteiger partial charge is 0.157 e. The number of carbonyl (C=O) groups excluding carboxylic acids is 1. The van der Waals surface area contributed by atoms with Gasteiger partial charge in [0.1, 0.15) is 23.9 Å². The Morgan fingerprint density at radius 3 is 2.80 bits per heavy atom. The zero-order valence-corrected chi connectivity index (χ0v) is 14.8. The first-order chi connectivity index (χ1) is 12.1. The lowest BCUT2D eigenvalue weighted by atomic mass is 10.1. The van der Waals surface area contributed by atoms with Gasteiger partial charge in [-0.15, -0.1) is 0 Å². The molecule has 134 valence electrons. The van der Waals surface area contributed by atoms with E-state index in [9.17, 15) is 9.90 Å². The first-order valence-corrected chi connectivity index (χ1v) is 8.69. The highest BCUT2D eigenvalue weighted by molar-refractivity contribution is 5.99. The Morgan fingerprint density at radius 1 is 1.32 bits per heavy atom. The highest BCUT2D eigenvalue weighted by Crippen LogP contribution is 2.26. The highest BCUT2D eigenvalue weighted by atomic mass is 16.5. The van der Waals surface area contributed by atoms with Crippen molar-refractivity contribution in [1.82, 2.24) is 9.80 Å². The van der Waals surface area contributed by atoms with E-state index in [2.05, 4.69) is 29.8 Å². The number of likely N-dealkylation sites (N-methyl/N-ethyl adjacent to an activating group) is 1. The summed E-state index contributed by atoms with van der Waals surface area (Å²) in [7, 11) is 2.13. The molecule has 1 unspecified atom stereocenters. The number of nitrogens with zero attached hydrogens (tertiary/aromatic N) is 3. The molecule has 1 N–H and O–H groups in total. The van der Waals surface area contributed by atoms with Gasteiger partial charge < -0.3 is 19.6 Å². The van der Waals surface area contributed by atoms with Crippen molar-refractivity contribution in [3.05, 3.63) is 35.4 Å². The molecule has 0 amide bonds. The van der Waals surface area contributed by atoms with Gasteiger partial charge in [-0.1, -0.05) is 12.1 Å². The van der Waals surface area contributed by atoms with Crippen LogP contribution in [0.2, 0.25) is 0 Å². The SMILES string of the molecule is CC1CC=C(COc2cccc(O)c2C=O)C(N2CCN(C)CC2)=N1. The standard InChI is InChI=1S/C19H25N3O3/c1-14-6-7-15(19(20-14)22-10-8-21(2)9-11-22)13-25-18-5-3-4-17(24)16(18)12-23/h3-5,7,12,14,24H,6,8-11,13H2,1-2H3. The second-order valence-electron chi connectivity index (χ2n) is 6.65. The predicted molar refractivity (Wildman–Crippen MR) is 97.7 cm³/mol. The normalized spacial score (nSPS) is 21.5. The maximum absolute atomic E-state index is 11.2. The lowest BCUT2D eigenvalue weighted by Crippen LogP contribution is -2.48. The molecule has 2 heterocycles. The lowest BCUT2D eigenvalue weighted by Gasteiger charge is -2.36. The van der Waals surface area contributed by atoms with Gasteiger partial charge in [-0.2, -0.15) is 0 Å². The number of hydrogen-bond acceptors (Lipinski definition) is 6. The van der Waals surface area contributed by atoms with Crippen LogP contribution in [0, 0.1) is 0 Å². The summed E-state index contributed by atoms with van der Waals surface area (Å²) in [6, 6.07) is 5.12. The number of hydrogen-bond donors (Lipinski definition) is 1. The summed E-state index contributed by atoms with van der Waals surface area (Å²) in [6.07, 6.45) is 3.68. The zero-order chi connectivity index (χ0) is 17.8. The molecule has 0 spiro atoms. The van der Waals surface area contributed by atoms with E-state index in [-0.39, 0.29) is 17.4 Å². The van der Waals surface area contributed by atoms with Crippen molar-refractivity contribution >= 4 is 12.1 Å². The second-order valence-corrected chi connectivity index (χ2v) is 6.65. The Bertz CT molecular complexity index is 691. The van der Waals surface area contributed by atoms with Crippen LogP contribution < -0.4 is 4.74 Å². The van der Waals surface area contributed by atoms with Gasteiger partial charge >= 0.3 is 0 Å². The number of benzene rings is 1. The summed E-state index contributed by atoms with van der Waals surface area (Å²) in [5.41, 5.74) is 1.23. The van der Waals surface area contributed by atoms with Crippen LogP contribution in [0.5, 0.6) is 11.5 Å². The number of amidine groups is 1. The average molecular weight is 343 g/mol. The van der Waals surface area contributed by atoms with E-state index in [4.69, 9.17) is 9.73 Å². The van der Waals surface area contributed by atoms with Crippen molar-refractivity contribution < 1.29 is 14.6 Å². The number of ether oxygens (including phenoxy) is 1. The molecule has 25 heavy (non-hydrogen) atoms. The number of rotatable bonds is 4. The molecule has 1 aromatic rings. The quantitative estimate of drug-likeness (QED) is 0.847. The number of phenols is 1. The number of phenolic OH excluding ortho intramolecular Hbond substituents is 1. The summed E-state index contributed by atoms with van der Waals surface area (Å²) < 4.78 is 5.85. The molecule has 0 bridgehead atoms. The van der Waals surface area contributed by atoms with E-state index in [0.29, 0.717) is 18.6 Å². The summed E-state index contributed by atoms with van der Waals surface area (Å²) in [5.74, 6) is 1.33. The molecule has 3 rings (SSSR count). The van der Waals surface area contributed by atoms with Crippen molar-refractivity contribution in [3.63, 3.8) is 0 Å². The molecule has 1 aromatic carbocycles. The summed E-state index contributed by atoms with van der Waals surface area (Å²) >= 11 is 0. The van der Waals surface area contributed by atoms with Crippen LogP contribution in [-0.4, -0.2) is 72.9 Å². The molecule has 1 saturated heterocycles. The largest absolute Gasteiger partial charge is 0.507 e. The molecule has 6 nitrogen and oxygen atoms in total. The van der Waals surface area contributed by atoms with Crippen LogP contribution in [0.25, 0.3) is 0 Å². The Labute approximate surface area is 148 Å². The van der Waals surface area contributed by atoms with Crippen molar-refractivity contribution in [2.45, 2.75) is 19.4 Å². The van der Waals surface area contributed by atoms with Gasteiger partial charge in [-0.25, -0.2) is 0 Å². The van der Waals surface area contributed by atoms with Crippen LogP contribution in [0.1, 0.15) is 23.7 Å². The first kappa shape index (κ1) is 17.5. The maximum atomic E-state index is 11.2. The lowest BCUT2D eigenvalue weighted by molar-refractivity contribution is 0.111. The number of aliphatic imine (C=N–C) groups is 1. The minimum absolute atomic E-state index is 0.0632. The Balaban J connectivity index is 1.73. The molecule has 2 aliphatic rings. The van der Waals surface area contributed by atoms with Crippen LogP contribution in [-0.2, 0) is 0 Å². The van der Waals surface area contributed by atoms with Gasteiger partial charge in [-0.05, 0) is 32.5 Å². The van der Waals surface area contributed by atoms with E-state index in [1.807, 2.05) is 0 Å². The molecular weight excluding hydrogens is 318 g/mol. The fourth-order valence-electron chi connectivity index (χ4n) is 3.11. The Kier molecular flexibility index (Phi) is 5.38. The third kappa shape index (κ3) is 4.02. The summed E-state index contributed by atoms with van der Waals surface area (Å²) in [6.45, 7) is 6.38. The number of aromatic hydroxyl groups is 1. The van der Waals surface area contributed by atoms with Gasteiger partial charge in [0.05, 0.1) is 11.6 Å². The number of aldehydes is 1. The zero-order valence-electron chi connectivity index (χ0n) is 14.8. The minimum atomic E-state index is -0.0632. The summed E-state index contributed by atoms with van der Waals surface area (Å²) in [5, 5.41) is 9.78. The maximum Gasteiger partial charge on any atom is 0.157 e. The van der Waals surface area contributed by atoms with Crippen molar-refractivity contribution in [3.8, 4) is 11.5 Å². The monoisotopic (exact) mass is 343 g/mol. The van der Waals surface area contributed by atoms with Gasteiger partial charge in [0.2, 0.25) is 0 Å². The molecule has 0 radical (unpaired) electrons. The van der Waals surface area contributed by atoms with Gasteiger partial charge in [0.25, 0.3) is 0 Å². The molecule has 6 heteroatoms. The fraction of sp³-hybridized carbons (Fsp3) is 0.474. The third-order valence-corrected chi connectivity index (χ3v) is 4.68. The number of carbonyl (C=O) groups is 1. The molecule has 0 saturated carbocycles. The molecular formula is C19H25N3O3. The van der Waals surface area contributed by atoms with Crippen LogP contribution in [0.3, 0.4) is 0 Å². The fourth-order valence-corrected chi connectivity index (χ4v) is 3.11.